The first-order valence-electron chi connectivity index (χ1n) is 6.21. The minimum Gasteiger partial charge on any atom is -0.556 e. The van der Waals surface area contributed by atoms with Gasteiger partial charge in [-0.25, -0.2) is 0 Å². The van der Waals surface area contributed by atoms with Gasteiger partial charge in [0.1, 0.15) is 5.16 Å². The van der Waals surface area contributed by atoms with Crippen molar-refractivity contribution in [3.8, 4) is 0 Å². The Hall–Kier alpha value is 0.574. The predicted molar refractivity (Wildman–Crippen MR) is 82.6 cm³/mol. The molecule has 5 heteroatoms. The van der Waals surface area contributed by atoms with Gasteiger partial charge in [-0.2, -0.15) is 0 Å². The monoisotopic (exact) mass is 370 g/mol. The fourth-order valence-electron chi connectivity index (χ4n) is 2.37. The molecule has 1 aliphatic carbocycles. The van der Waals surface area contributed by atoms with Gasteiger partial charge in [-0.15, -0.1) is 0 Å². The van der Waals surface area contributed by atoms with Gasteiger partial charge in [0.2, 0.25) is 0 Å². The molecule has 0 saturated heterocycles. The Morgan fingerprint density at radius 2 is 1.74 bits per heavy atom. The van der Waals surface area contributed by atoms with Crippen molar-refractivity contribution in [3.63, 3.8) is 0 Å². The summed E-state index contributed by atoms with van der Waals surface area (Å²) < 4.78 is 0. The summed E-state index contributed by atoms with van der Waals surface area (Å²) in [7, 11) is 0. The number of carbonyl (C=O) groups excluding carboxylic acids is 1. The Labute approximate surface area is 146 Å². The molecule has 0 atom stereocenters. The number of anilines is 1. The third-order valence-corrected chi connectivity index (χ3v) is 7.66. The number of amides is 1. The maximum Gasteiger partial charge on any atom is 0.266 e. The Morgan fingerprint density at radius 1 is 1.26 bits per heavy atom. The normalized spacial score (nSPS) is 16.5. The molecule has 1 radical (unpaired) electrons. The zero-order chi connectivity index (χ0) is 13.6. The topological polar surface area (TPSA) is 29.1 Å². The molecule has 2 rings (SSSR count). The minimum absolute atomic E-state index is 0. The van der Waals surface area contributed by atoms with E-state index in [1.54, 1.807) is 0 Å². The van der Waals surface area contributed by atoms with Crippen LogP contribution in [0.3, 0.4) is 0 Å². The SMILES string of the molecule is Cc1cccc(C)c1NC(=O)C1([P+](C)(C)[S-])CC1.[Y]. The Bertz CT molecular complexity index is 474. The van der Waals surface area contributed by atoms with Crippen molar-refractivity contribution >= 4 is 30.3 Å². The first-order chi connectivity index (χ1) is 8.28. The minimum atomic E-state index is -1.56. The van der Waals surface area contributed by atoms with Crippen molar-refractivity contribution in [3.05, 3.63) is 29.3 Å². The molecule has 101 valence electrons. The van der Waals surface area contributed by atoms with Gasteiger partial charge in [0.15, 0.2) is 0 Å². The van der Waals surface area contributed by atoms with Crippen LogP contribution in [-0.4, -0.2) is 24.4 Å². The van der Waals surface area contributed by atoms with Crippen LogP contribution in [0.15, 0.2) is 18.2 Å². The van der Waals surface area contributed by atoms with Crippen molar-refractivity contribution in [1.29, 1.82) is 0 Å². The summed E-state index contributed by atoms with van der Waals surface area (Å²) in [6.07, 6.45) is 1.90. The van der Waals surface area contributed by atoms with Gasteiger partial charge in [0, 0.05) is 51.7 Å². The van der Waals surface area contributed by atoms with Crippen LogP contribution < -0.4 is 5.32 Å². The molecule has 0 aliphatic heterocycles. The average Bonchev–Trinajstić information content (AvgIpc) is 3.03. The second kappa shape index (κ2) is 6.14. The first kappa shape index (κ1) is 17.6. The molecule has 0 unspecified atom stereocenters. The van der Waals surface area contributed by atoms with Gasteiger partial charge in [0.25, 0.3) is 5.91 Å². The molecular formula is C14H20NOPSY. The van der Waals surface area contributed by atoms with E-state index in [1.807, 2.05) is 32.0 Å². The van der Waals surface area contributed by atoms with Crippen molar-refractivity contribution < 1.29 is 37.5 Å². The van der Waals surface area contributed by atoms with E-state index in [0.29, 0.717) is 0 Å². The number of hydrogen-bond donors (Lipinski definition) is 1. The largest absolute Gasteiger partial charge is 0.556 e. The van der Waals surface area contributed by atoms with Gasteiger partial charge >= 0.3 is 0 Å². The van der Waals surface area contributed by atoms with Gasteiger partial charge < -0.3 is 17.6 Å². The summed E-state index contributed by atoms with van der Waals surface area (Å²) in [5.74, 6) is 0.133. The van der Waals surface area contributed by atoms with E-state index < -0.39 is 6.46 Å². The van der Waals surface area contributed by atoms with Crippen molar-refractivity contribution in [1.82, 2.24) is 0 Å². The van der Waals surface area contributed by atoms with E-state index in [1.165, 1.54) is 0 Å². The van der Waals surface area contributed by atoms with Gasteiger partial charge in [-0.1, -0.05) is 24.7 Å². The second-order valence-electron chi connectivity index (χ2n) is 5.60. The van der Waals surface area contributed by atoms with E-state index in [0.717, 1.165) is 29.7 Å². The molecule has 1 aromatic carbocycles. The van der Waals surface area contributed by atoms with Crippen LogP contribution >= 0.6 is 6.46 Å². The molecule has 1 aromatic rings. The predicted octanol–water partition coefficient (Wildman–Crippen LogP) is 3.51. The standard InChI is InChI=1S/C14H20NOPS.Y/c1-10-6-5-7-11(2)12(10)15-13(16)14(8-9-14)17(3,4)18;/h5-7H,8-9H2,1-4H3,(H,15,16);. The molecule has 1 amide bonds. The third kappa shape index (κ3) is 3.43. The maximum atomic E-state index is 12.5. The van der Waals surface area contributed by atoms with Crippen molar-refractivity contribution in [2.75, 3.05) is 18.6 Å². The summed E-state index contributed by atoms with van der Waals surface area (Å²) in [6, 6.07) is 6.06. The molecule has 0 spiro atoms. The maximum absolute atomic E-state index is 12.5. The summed E-state index contributed by atoms with van der Waals surface area (Å²) >= 11 is 5.59. The van der Waals surface area contributed by atoms with Gasteiger partial charge in [-0.05, 0) is 37.8 Å². The van der Waals surface area contributed by atoms with Crippen LogP contribution in [0.25, 0.3) is 0 Å². The third-order valence-electron chi connectivity index (χ3n) is 3.90. The van der Waals surface area contributed by atoms with Crippen LogP contribution in [-0.2, 0) is 49.8 Å². The molecule has 1 fully saturated rings. The van der Waals surface area contributed by atoms with Gasteiger partial charge in [-0.3, -0.25) is 4.79 Å². The number of aryl methyl sites for hydroxylation is 2. The van der Waals surface area contributed by atoms with Crippen LogP contribution in [0.1, 0.15) is 24.0 Å². The molecule has 19 heavy (non-hydrogen) atoms. The summed E-state index contributed by atoms with van der Waals surface area (Å²) in [4.78, 5) is 12.5. The summed E-state index contributed by atoms with van der Waals surface area (Å²) in [6.45, 7) is 6.65. The zero-order valence-electron chi connectivity index (χ0n) is 12.0. The fraction of sp³-hybridized carbons (Fsp3) is 0.500. The molecular weight excluding hydrogens is 350 g/mol. The quantitative estimate of drug-likeness (QED) is 0.652. The Morgan fingerprint density at radius 3 is 2.11 bits per heavy atom. The second-order valence-corrected chi connectivity index (χ2v) is 11.9. The Balaban J connectivity index is 0.00000180. The number of carbonyl (C=O) groups is 1. The number of benzene rings is 1. The van der Waals surface area contributed by atoms with Crippen LogP contribution in [0.5, 0.6) is 0 Å². The van der Waals surface area contributed by atoms with E-state index in [-0.39, 0.29) is 43.8 Å². The molecule has 1 N–H and O–H groups in total. The van der Waals surface area contributed by atoms with E-state index in [9.17, 15) is 4.79 Å². The smallest absolute Gasteiger partial charge is 0.266 e. The first-order valence-corrected chi connectivity index (χ1v) is 9.90. The van der Waals surface area contributed by atoms with Crippen LogP contribution in [0, 0.1) is 13.8 Å². The number of nitrogens with one attached hydrogen (secondary N) is 1. The molecule has 0 aromatic heterocycles. The fourth-order valence-corrected chi connectivity index (χ4v) is 4.90. The molecule has 0 heterocycles. The average molecular weight is 370 g/mol. The molecule has 2 nitrogen and oxygen atoms in total. The number of rotatable bonds is 3. The van der Waals surface area contributed by atoms with Crippen molar-refractivity contribution in [2.24, 2.45) is 0 Å². The van der Waals surface area contributed by atoms with E-state index in [4.69, 9.17) is 12.2 Å². The molecule has 0 bridgehead atoms. The van der Waals surface area contributed by atoms with Crippen LogP contribution in [0.4, 0.5) is 5.69 Å². The summed E-state index contributed by atoms with van der Waals surface area (Å²) in [5.41, 5.74) is 3.18. The molecule has 1 aliphatic rings. The van der Waals surface area contributed by atoms with Crippen molar-refractivity contribution in [2.45, 2.75) is 31.8 Å². The van der Waals surface area contributed by atoms with Gasteiger partial charge in [0.05, 0.1) is 0 Å². The zero-order valence-corrected chi connectivity index (χ0v) is 16.5. The van der Waals surface area contributed by atoms with E-state index in [2.05, 4.69) is 18.6 Å². The number of hydrogen-bond acceptors (Lipinski definition) is 2. The molecule has 1 saturated carbocycles. The van der Waals surface area contributed by atoms with E-state index >= 15 is 0 Å². The number of para-hydroxylation sites is 1. The summed E-state index contributed by atoms with van der Waals surface area (Å²) in [5, 5.41) is 2.87. The van der Waals surface area contributed by atoms with Crippen LogP contribution in [0.2, 0.25) is 0 Å². The Kier molecular flexibility index (Phi) is 5.69.